The summed E-state index contributed by atoms with van der Waals surface area (Å²) in [6.45, 7) is 8.48. The maximum Gasteiger partial charge on any atom is 0.313 e. The van der Waals surface area contributed by atoms with Crippen LogP contribution in [0.25, 0.3) is 0 Å². The van der Waals surface area contributed by atoms with Crippen molar-refractivity contribution in [3.05, 3.63) is 29.8 Å². The van der Waals surface area contributed by atoms with Crippen molar-refractivity contribution in [1.29, 1.82) is 0 Å². The normalized spacial score (nSPS) is 13.5. The predicted octanol–water partition coefficient (Wildman–Crippen LogP) is 1.79. The zero-order chi connectivity index (χ0) is 20.0. The van der Waals surface area contributed by atoms with Crippen molar-refractivity contribution in [3.63, 3.8) is 0 Å². The fourth-order valence-corrected chi connectivity index (χ4v) is 2.08. The quantitative estimate of drug-likeness (QED) is 0.527. The van der Waals surface area contributed by atoms with Crippen LogP contribution >= 0.6 is 0 Å². The van der Waals surface area contributed by atoms with Crippen LogP contribution in [0.3, 0.4) is 0 Å². The summed E-state index contributed by atoms with van der Waals surface area (Å²) in [7, 11) is 0. The number of nitrogens with one attached hydrogen (secondary N) is 2. The van der Waals surface area contributed by atoms with Crippen LogP contribution < -0.4 is 10.6 Å². The first-order valence-electron chi connectivity index (χ1n) is 8.54. The highest BCUT2D eigenvalue weighted by Gasteiger charge is 2.27. The molecule has 0 unspecified atom stereocenters. The lowest BCUT2D eigenvalue weighted by Gasteiger charge is -2.26. The van der Waals surface area contributed by atoms with E-state index >= 15 is 0 Å². The number of carbonyl (C=O) groups excluding carboxylic acids is 3. The Morgan fingerprint density at radius 3 is 2.23 bits per heavy atom. The molecule has 144 valence electrons. The summed E-state index contributed by atoms with van der Waals surface area (Å²) in [4.78, 5) is 36.3. The molecule has 1 aromatic rings. The molecule has 0 saturated heterocycles. The van der Waals surface area contributed by atoms with Crippen molar-refractivity contribution in [3.8, 4) is 0 Å². The van der Waals surface area contributed by atoms with E-state index in [1.807, 2.05) is 0 Å². The number of anilines is 1. The van der Waals surface area contributed by atoms with E-state index in [-0.39, 0.29) is 13.0 Å². The molecular formula is C19H28N2O5. The molecule has 7 heteroatoms. The molecule has 0 aromatic heterocycles. The number of hydrogen-bond donors (Lipinski definition) is 3. The number of esters is 1. The van der Waals surface area contributed by atoms with Gasteiger partial charge in [0.15, 0.2) is 0 Å². The molecule has 2 amide bonds. The number of ether oxygens (including phenoxy) is 1. The minimum absolute atomic E-state index is 0.0291. The maximum absolute atomic E-state index is 12.2. The summed E-state index contributed by atoms with van der Waals surface area (Å²) in [5, 5.41) is 14.4. The van der Waals surface area contributed by atoms with Crippen molar-refractivity contribution in [2.45, 2.75) is 58.6 Å². The highest BCUT2D eigenvalue weighted by Crippen LogP contribution is 2.18. The molecule has 1 rings (SSSR count). The molecule has 26 heavy (non-hydrogen) atoms. The summed E-state index contributed by atoms with van der Waals surface area (Å²) >= 11 is 0. The molecule has 3 N–H and O–H groups in total. The summed E-state index contributed by atoms with van der Waals surface area (Å²) < 4.78 is 5.29. The van der Waals surface area contributed by atoms with Crippen LogP contribution in [0.15, 0.2) is 24.3 Å². The molecule has 7 nitrogen and oxygen atoms in total. The van der Waals surface area contributed by atoms with Gasteiger partial charge in [-0.05, 0) is 45.7 Å². The summed E-state index contributed by atoms with van der Waals surface area (Å²) in [5.41, 5.74) is -0.571. The molecule has 0 aliphatic carbocycles. The lowest BCUT2D eigenvalue weighted by Crippen LogP contribution is -2.51. The Hall–Kier alpha value is -2.41. The van der Waals surface area contributed by atoms with Crippen molar-refractivity contribution in [2.75, 3.05) is 11.9 Å². The van der Waals surface area contributed by atoms with E-state index in [0.717, 1.165) is 0 Å². The van der Waals surface area contributed by atoms with Gasteiger partial charge in [-0.3, -0.25) is 14.4 Å². The minimum Gasteiger partial charge on any atom is -0.460 e. The van der Waals surface area contributed by atoms with E-state index in [9.17, 15) is 19.5 Å². The van der Waals surface area contributed by atoms with Gasteiger partial charge in [-0.2, -0.15) is 0 Å². The van der Waals surface area contributed by atoms with Crippen molar-refractivity contribution >= 4 is 23.5 Å². The molecule has 1 aromatic carbocycles. The summed E-state index contributed by atoms with van der Waals surface area (Å²) in [5.74, 6) is -2.15. The monoisotopic (exact) mass is 364 g/mol. The van der Waals surface area contributed by atoms with Gasteiger partial charge < -0.3 is 20.5 Å². The Balaban J connectivity index is 2.83. The zero-order valence-corrected chi connectivity index (χ0v) is 16.0. The van der Waals surface area contributed by atoms with Crippen molar-refractivity contribution < 1.29 is 24.2 Å². The van der Waals surface area contributed by atoms with E-state index in [4.69, 9.17) is 4.74 Å². The van der Waals surface area contributed by atoms with Crippen LogP contribution in [0.5, 0.6) is 0 Å². The minimum atomic E-state index is -0.871. The number of carbonyl (C=O) groups is 3. The molecule has 0 spiro atoms. The van der Waals surface area contributed by atoms with E-state index in [2.05, 4.69) is 10.6 Å². The fraction of sp³-hybridized carbons (Fsp3) is 0.526. The molecule has 0 aliphatic rings. The van der Waals surface area contributed by atoms with Gasteiger partial charge in [-0.25, -0.2) is 0 Å². The van der Waals surface area contributed by atoms with Gasteiger partial charge in [0, 0.05) is 5.69 Å². The average Bonchev–Trinajstić information content (AvgIpc) is 2.54. The van der Waals surface area contributed by atoms with Gasteiger partial charge in [0.05, 0.1) is 18.6 Å². The smallest absolute Gasteiger partial charge is 0.313 e. The lowest BCUT2D eigenvalue weighted by atomic mass is 10.0. The largest absolute Gasteiger partial charge is 0.460 e. The molecule has 0 radical (unpaired) electrons. The Morgan fingerprint density at radius 1 is 1.08 bits per heavy atom. The van der Waals surface area contributed by atoms with Gasteiger partial charge in [0.1, 0.15) is 5.60 Å². The summed E-state index contributed by atoms with van der Waals surface area (Å²) in [6, 6.07) is 6.71. The molecule has 0 bridgehead atoms. The first kappa shape index (κ1) is 21.6. The van der Waals surface area contributed by atoms with Crippen molar-refractivity contribution in [2.24, 2.45) is 0 Å². The highest BCUT2D eigenvalue weighted by molar-refractivity contribution is 6.39. The molecule has 0 heterocycles. The lowest BCUT2D eigenvalue weighted by molar-refractivity contribution is -0.153. The SMILES string of the molecule is CC[C@](C)(CO)NC(=O)C(=O)Nc1ccccc1CC(=O)OC(C)(C)C. The van der Waals surface area contributed by atoms with Crippen LogP contribution in [-0.4, -0.2) is 40.6 Å². The van der Waals surface area contributed by atoms with Crippen LogP contribution in [0.1, 0.15) is 46.6 Å². The second-order valence-corrected chi connectivity index (χ2v) is 7.40. The number of aliphatic hydroxyl groups is 1. The molecule has 0 saturated carbocycles. The van der Waals surface area contributed by atoms with E-state index in [0.29, 0.717) is 17.7 Å². The van der Waals surface area contributed by atoms with E-state index in [1.54, 1.807) is 58.9 Å². The number of aliphatic hydroxyl groups excluding tert-OH is 1. The van der Waals surface area contributed by atoms with Gasteiger partial charge in [0.25, 0.3) is 0 Å². The fourth-order valence-electron chi connectivity index (χ4n) is 2.08. The first-order chi connectivity index (χ1) is 12.0. The Labute approximate surface area is 154 Å². The van der Waals surface area contributed by atoms with Crippen molar-refractivity contribution in [1.82, 2.24) is 5.32 Å². The van der Waals surface area contributed by atoms with Crippen LogP contribution in [0.2, 0.25) is 0 Å². The second kappa shape index (κ2) is 8.80. The van der Waals surface area contributed by atoms with Gasteiger partial charge in [-0.1, -0.05) is 25.1 Å². The first-order valence-corrected chi connectivity index (χ1v) is 8.54. The molecule has 1 atom stereocenters. The standard InChI is InChI=1S/C19H28N2O5/c1-6-19(5,12-22)21-17(25)16(24)20-14-10-8-7-9-13(14)11-15(23)26-18(2,3)4/h7-10,22H,6,11-12H2,1-5H3,(H,20,24)(H,21,25)/t19-/m1/s1. The third-order valence-electron chi connectivity index (χ3n) is 3.77. The second-order valence-electron chi connectivity index (χ2n) is 7.40. The van der Waals surface area contributed by atoms with E-state index < -0.39 is 28.9 Å². The number of amides is 2. The number of benzene rings is 1. The number of para-hydroxylation sites is 1. The van der Waals surface area contributed by atoms with Gasteiger partial charge in [0.2, 0.25) is 0 Å². The summed E-state index contributed by atoms with van der Waals surface area (Å²) in [6.07, 6.45) is 0.441. The number of hydrogen-bond acceptors (Lipinski definition) is 5. The highest BCUT2D eigenvalue weighted by atomic mass is 16.6. The molecule has 0 aliphatic heterocycles. The Bertz CT molecular complexity index is 660. The van der Waals surface area contributed by atoms with Crippen LogP contribution in [-0.2, 0) is 25.5 Å². The molecule has 0 fully saturated rings. The maximum atomic E-state index is 12.2. The molecular weight excluding hydrogens is 336 g/mol. The Kier molecular flexibility index (Phi) is 7.32. The van der Waals surface area contributed by atoms with Gasteiger partial charge >= 0.3 is 17.8 Å². The van der Waals surface area contributed by atoms with Gasteiger partial charge in [-0.15, -0.1) is 0 Å². The topological polar surface area (TPSA) is 105 Å². The van der Waals surface area contributed by atoms with Crippen LogP contribution in [0.4, 0.5) is 5.69 Å². The number of rotatable bonds is 6. The zero-order valence-electron chi connectivity index (χ0n) is 16.0. The third kappa shape index (κ3) is 6.84. The van der Waals surface area contributed by atoms with Crippen LogP contribution in [0, 0.1) is 0 Å². The van der Waals surface area contributed by atoms with E-state index in [1.165, 1.54) is 0 Å². The Morgan fingerprint density at radius 2 is 1.69 bits per heavy atom. The predicted molar refractivity (Wildman–Crippen MR) is 98.5 cm³/mol. The average molecular weight is 364 g/mol. The third-order valence-corrected chi connectivity index (χ3v) is 3.77.